The number of rotatable bonds is 4. The molecule has 0 spiro atoms. The van der Waals surface area contributed by atoms with Crippen LogP contribution in [0.2, 0.25) is 0 Å². The summed E-state index contributed by atoms with van der Waals surface area (Å²) in [5, 5.41) is 10.8. The first kappa shape index (κ1) is 11.6. The molecule has 2 heterocycles. The molecular weight excluding hydrogens is 228 g/mol. The van der Waals surface area contributed by atoms with E-state index in [0.29, 0.717) is 17.0 Å². The van der Waals surface area contributed by atoms with Crippen molar-refractivity contribution in [2.45, 2.75) is 20.0 Å². The zero-order chi connectivity index (χ0) is 12.4. The molecule has 0 amide bonds. The van der Waals surface area contributed by atoms with Gasteiger partial charge in [0.2, 0.25) is 0 Å². The average Bonchev–Trinajstić information content (AvgIpc) is 2.82. The van der Waals surface area contributed by atoms with Gasteiger partial charge in [0.15, 0.2) is 0 Å². The normalized spacial score (nSPS) is 11.1. The van der Waals surface area contributed by atoms with Crippen molar-refractivity contribution in [3.8, 4) is 0 Å². The van der Waals surface area contributed by atoms with E-state index in [0.717, 1.165) is 11.4 Å². The molecule has 0 saturated heterocycles. The van der Waals surface area contributed by atoms with Crippen LogP contribution in [-0.4, -0.2) is 19.6 Å². The molecule has 2 aromatic heterocycles. The second kappa shape index (κ2) is 4.52. The minimum Gasteiger partial charge on any atom is -0.363 e. The molecule has 0 unspecified atom stereocenters. The van der Waals surface area contributed by atoms with Crippen molar-refractivity contribution in [2.24, 2.45) is 7.05 Å². The SMILES string of the molecule is Cc1cc(CNc2ccn(C(F)F)n2)n(C)n1. The van der Waals surface area contributed by atoms with Gasteiger partial charge < -0.3 is 5.32 Å². The van der Waals surface area contributed by atoms with Gasteiger partial charge in [0.1, 0.15) is 5.82 Å². The second-order valence-electron chi connectivity index (χ2n) is 3.71. The van der Waals surface area contributed by atoms with Crippen LogP contribution in [0.3, 0.4) is 0 Å². The Balaban J connectivity index is 2.00. The maximum atomic E-state index is 12.3. The van der Waals surface area contributed by atoms with Crippen LogP contribution in [0.5, 0.6) is 0 Å². The Morgan fingerprint density at radius 2 is 2.18 bits per heavy atom. The lowest BCUT2D eigenvalue weighted by atomic mass is 10.3. The van der Waals surface area contributed by atoms with Gasteiger partial charge in [-0.1, -0.05) is 0 Å². The molecular formula is C10H13F2N5. The van der Waals surface area contributed by atoms with E-state index < -0.39 is 6.55 Å². The highest BCUT2D eigenvalue weighted by molar-refractivity contribution is 5.33. The fraction of sp³-hybridized carbons (Fsp3) is 0.400. The molecule has 17 heavy (non-hydrogen) atoms. The molecule has 7 heteroatoms. The number of nitrogens with zero attached hydrogens (tertiary/aromatic N) is 4. The van der Waals surface area contributed by atoms with E-state index in [1.54, 1.807) is 4.68 Å². The minimum absolute atomic E-state index is 0.421. The van der Waals surface area contributed by atoms with Gasteiger partial charge in [0.05, 0.1) is 17.9 Å². The molecule has 2 aromatic rings. The van der Waals surface area contributed by atoms with Gasteiger partial charge in [-0.3, -0.25) is 4.68 Å². The maximum absolute atomic E-state index is 12.3. The Morgan fingerprint density at radius 3 is 2.71 bits per heavy atom. The highest BCUT2D eigenvalue weighted by atomic mass is 19.3. The summed E-state index contributed by atoms with van der Waals surface area (Å²) in [5.41, 5.74) is 1.89. The molecule has 2 rings (SSSR count). The molecule has 0 atom stereocenters. The lowest BCUT2D eigenvalue weighted by Crippen LogP contribution is -2.06. The summed E-state index contributed by atoms with van der Waals surface area (Å²) in [6, 6.07) is 3.44. The Kier molecular flexibility index (Phi) is 3.08. The van der Waals surface area contributed by atoms with Crippen molar-refractivity contribution < 1.29 is 8.78 Å². The van der Waals surface area contributed by atoms with E-state index in [-0.39, 0.29) is 0 Å². The summed E-state index contributed by atoms with van der Waals surface area (Å²) < 4.78 is 26.9. The third kappa shape index (κ3) is 2.61. The van der Waals surface area contributed by atoms with Crippen molar-refractivity contribution in [1.29, 1.82) is 0 Å². The van der Waals surface area contributed by atoms with Gasteiger partial charge in [-0.05, 0) is 13.0 Å². The molecule has 0 aromatic carbocycles. The van der Waals surface area contributed by atoms with E-state index in [1.807, 2.05) is 20.0 Å². The molecule has 0 saturated carbocycles. The Bertz CT molecular complexity index is 503. The summed E-state index contributed by atoms with van der Waals surface area (Å²) in [4.78, 5) is 0. The van der Waals surface area contributed by atoms with E-state index in [9.17, 15) is 8.78 Å². The number of alkyl halides is 2. The fourth-order valence-corrected chi connectivity index (χ4v) is 1.55. The number of halogens is 2. The number of aryl methyl sites for hydroxylation is 2. The van der Waals surface area contributed by atoms with Crippen LogP contribution >= 0.6 is 0 Å². The highest BCUT2D eigenvalue weighted by Gasteiger charge is 2.08. The first-order valence-corrected chi connectivity index (χ1v) is 5.13. The third-order valence-corrected chi connectivity index (χ3v) is 2.36. The lowest BCUT2D eigenvalue weighted by Gasteiger charge is -2.03. The Morgan fingerprint density at radius 1 is 1.41 bits per heavy atom. The topological polar surface area (TPSA) is 47.7 Å². The molecule has 0 bridgehead atoms. The van der Waals surface area contributed by atoms with Crippen LogP contribution in [0.25, 0.3) is 0 Å². The number of aromatic nitrogens is 4. The number of anilines is 1. The molecule has 0 fully saturated rings. The Labute approximate surface area is 97.0 Å². The first-order chi connectivity index (χ1) is 8.06. The zero-order valence-corrected chi connectivity index (χ0v) is 9.56. The molecule has 0 aliphatic heterocycles. The van der Waals surface area contributed by atoms with Crippen LogP contribution in [0.15, 0.2) is 18.3 Å². The first-order valence-electron chi connectivity index (χ1n) is 5.13. The van der Waals surface area contributed by atoms with E-state index in [2.05, 4.69) is 15.5 Å². The summed E-state index contributed by atoms with van der Waals surface area (Å²) in [6.45, 7) is -0.211. The van der Waals surface area contributed by atoms with Gasteiger partial charge in [0, 0.05) is 19.3 Å². The number of hydrogen-bond donors (Lipinski definition) is 1. The van der Waals surface area contributed by atoms with Crippen LogP contribution in [0, 0.1) is 6.92 Å². The maximum Gasteiger partial charge on any atom is 0.333 e. The lowest BCUT2D eigenvalue weighted by molar-refractivity contribution is 0.0569. The average molecular weight is 241 g/mol. The van der Waals surface area contributed by atoms with Crippen LogP contribution < -0.4 is 5.32 Å². The molecule has 0 aliphatic rings. The van der Waals surface area contributed by atoms with Crippen LogP contribution in [0.1, 0.15) is 17.9 Å². The van der Waals surface area contributed by atoms with Gasteiger partial charge >= 0.3 is 6.55 Å². The summed E-state index contributed by atoms with van der Waals surface area (Å²) >= 11 is 0. The summed E-state index contributed by atoms with van der Waals surface area (Å²) in [7, 11) is 1.84. The van der Waals surface area contributed by atoms with E-state index in [4.69, 9.17) is 0 Å². The van der Waals surface area contributed by atoms with E-state index in [1.165, 1.54) is 12.3 Å². The van der Waals surface area contributed by atoms with Crippen LogP contribution in [0.4, 0.5) is 14.6 Å². The van der Waals surface area contributed by atoms with Crippen molar-refractivity contribution >= 4 is 5.82 Å². The number of nitrogens with one attached hydrogen (secondary N) is 1. The quantitative estimate of drug-likeness (QED) is 0.889. The second-order valence-corrected chi connectivity index (χ2v) is 3.71. The predicted octanol–water partition coefficient (Wildman–Crippen LogP) is 1.93. The molecule has 0 aliphatic carbocycles. The third-order valence-electron chi connectivity index (χ3n) is 2.36. The minimum atomic E-state index is -2.61. The smallest absolute Gasteiger partial charge is 0.333 e. The van der Waals surface area contributed by atoms with Gasteiger partial charge in [-0.25, -0.2) is 4.68 Å². The predicted molar refractivity (Wildman–Crippen MR) is 58.8 cm³/mol. The van der Waals surface area contributed by atoms with Crippen LogP contribution in [-0.2, 0) is 13.6 Å². The molecule has 92 valence electrons. The monoisotopic (exact) mass is 241 g/mol. The Hall–Kier alpha value is -1.92. The summed E-state index contributed by atoms with van der Waals surface area (Å²) in [6.07, 6.45) is 1.24. The summed E-state index contributed by atoms with van der Waals surface area (Å²) in [5.74, 6) is 0.421. The van der Waals surface area contributed by atoms with Crippen molar-refractivity contribution in [3.05, 3.63) is 29.7 Å². The van der Waals surface area contributed by atoms with Crippen molar-refractivity contribution in [1.82, 2.24) is 19.6 Å². The fourth-order valence-electron chi connectivity index (χ4n) is 1.55. The largest absolute Gasteiger partial charge is 0.363 e. The van der Waals surface area contributed by atoms with Gasteiger partial charge in [-0.15, -0.1) is 0 Å². The zero-order valence-electron chi connectivity index (χ0n) is 9.56. The highest BCUT2D eigenvalue weighted by Crippen LogP contribution is 2.12. The van der Waals surface area contributed by atoms with Crippen molar-refractivity contribution in [3.63, 3.8) is 0 Å². The number of hydrogen-bond acceptors (Lipinski definition) is 3. The van der Waals surface area contributed by atoms with E-state index >= 15 is 0 Å². The standard InChI is InChI=1S/C10H13F2N5/c1-7-5-8(16(2)14-7)6-13-9-3-4-17(15-9)10(11)12/h3-5,10H,6H2,1-2H3,(H,13,15). The van der Waals surface area contributed by atoms with Crippen molar-refractivity contribution in [2.75, 3.05) is 5.32 Å². The van der Waals surface area contributed by atoms with Gasteiger partial charge in [0.25, 0.3) is 0 Å². The van der Waals surface area contributed by atoms with Gasteiger partial charge in [-0.2, -0.15) is 19.0 Å². The molecule has 0 radical (unpaired) electrons. The molecule has 5 nitrogen and oxygen atoms in total. The molecule has 1 N–H and O–H groups in total.